The Labute approximate surface area is 139 Å². The van der Waals surface area contributed by atoms with E-state index in [9.17, 15) is 9.59 Å². The van der Waals surface area contributed by atoms with Crippen LogP contribution in [0.3, 0.4) is 0 Å². The lowest BCUT2D eigenvalue weighted by molar-refractivity contribution is -0.113. The maximum Gasteiger partial charge on any atom is 0.339 e. The number of rotatable bonds is 3. The van der Waals surface area contributed by atoms with Gasteiger partial charge in [0.05, 0.1) is 23.9 Å². The minimum Gasteiger partial charge on any atom is -0.488 e. The number of nitrogens with one attached hydrogen (secondary N) is 1. The van der Waals surface area contributed by atoms with Gasteiger partial charge in [0, 0.05) is 5.56 Å². The lowest BCUT2D eigenvalue weighted by Crippen LogP contribution is -2.22. The van der Waals surface area contributed by atoms with E-state index >= 15 is 0 Å². The van der Waals surface area contributed by atoms with Crippen LogP contribution in [0.15, 0.2) is 48.0 Å². The van der Waals surface area contributed by atoms with Crippen molar-refractivity contribution >= 4 is 23.6 Å². The number of fused-ring (bicyclic) bond motifs is 1. The number of esters is 1. The Balaban J connectivity index is 1.85. The van der Waals surface area contributed by atoms with Gasteiger partial charge in [-0.3, -0.25) is 4.79 Å². The van der Waals surface area contributed by atoms with Gasteiger partial charge < -0.3 is 14.8 Å². The summed E-state index contributed by atoms with van der Waals surface area (Å²) in [5.41, 5.74) is 3.17. The van der Waals surface area contributed by atoms with E-state index in [0.29, 0.717) is 16.8 Å². The molecule has 24 heavy (non-hydrogen) atoms. The molecule has 3 rings (SSSR count). The number of methoxy groups -OCH3 is 1. The molecule has 0 unspecified atom stereocenters. The van der Waals surface area contributed by atoms with Gasteiger partial charge in [-0.15, -0.1) is 0 Å². The first-order valence-electron chi connectivity index (χ1n) is 7.51. The van der Waals surface area contributed by atoms with Crippen molar-refractivity contribution in [2.24, 2.45) is 0 Å². The highest BCUT2D eigenvalue weighted by molar-refractivity contribution is 6.10. The summed E-state index contributed by atoms with van der Waals surface area (Å²) in [6.07, 6.45) is 1.81. The molecule has 5 nitrogen and oxygen atoms in total. The number of carbonyl (C=O) groups excluding carboxylic acids is 2. The molecule has 0 saturated carbocycles. The summed E-state index contributed by atoms with van der Waals surface area (Å²) in [5, 5.41) is 2.75. The molecule has 0 aromatic heterocycles. The Morgan fingerprint density at radius 3 is 2.75 bits per heavy atom. The van der Waals surface area contributed by atoms with Crippen molar-refractivity contribution in [1.82, 2.24) is 0 Å². The monoisotopic (exact) mass is 323 g/mol. The Morgan fingerprint density at radius 1 is 1.17 bits per heavy atom. The molecule has 1 aliphatic rings. The molecule has 0 aliphatic carbocycles. The number of carbonyl (C=O) groups is 2. The van der Waals surface area contributed by atoms with Crippen molar-refractivity contribution in [3.63, 3.8) is 0 Å². The fourth-order valence-corrected chi connectivity index (χ4v) is 2.51. The molecule has 1 aliphatic heterocycles. The van der Waals surface area contributed by atoms with Crippen molar-refractivity contribution in [3.8, 4) is 5.75 Å². The van der Waals surface area contributed by atoms with Crippen molar-refractivity contribution in [2.75, 3.05) is 19.0 Å². The predicted molar refractivity (Wildman–Crippen MR) is 91.1 cm³/mol. The number of anilines is 1. The van der Waals surface area contributed by atoms with Crippen LogP contribution in [-0.4, -0.2) is 25.6 Å². The molecule has 5 heteroatoms. The average molecular weight is 323 g/mol. The third kappa shape index (κ3) is 3.15. The van der Waals surface area contributed by atoms with Crippen molar-refractivity contribution in [2.45, 2.75) is 6.92 Å². The van der Waals surface area contributed by atoms with Crippen LogP contribution in [0.2, 0.25) is 0 Å². The Hall–Kier alpha value is -3.08. The van der Waals surface area contributed by atoms with Crippen molar-refractivity contribution < 1.29 is 19.1 Å². The predicted octanol–water partition coefficient (Wildman–Crippen LogP) is 3.20. The summed E-state index contributed by atoms with van der Waals surface area (Å²) < 4.78 is 10.4. The second kappa shape index (κ2) is 6.58. The van der Waals surface area contributed by atoms with Crippen molar-refractivity contribution in [1.29, 1.82) is 0 Å². The highest BCUT2D eigenvalue weighted by Gasteiger charge is 2.19. The van der Waals surface area contributed by atoms with Crippen LogP contribution in [0.4, 0.5) is 5.69 Å². The summed E-state index contributed by atoms with van der Waals surface area (Å²) in [5.74, 6) is -0.0497. The quantitative estimate of drug-likeness (QED) is 0.881. The lowest BCUT2D eigenvalue weighted by Gasteiger charge is -2.18. The molecule has 122 valence electrons. The summed E-state index contributed by atoms with van der Waals surface area (Å²) in [4.78, 5) is 24.3. The van der Waals surface area contributed by atoms with Gasteiger partial charge in [0.1, 0.15) is 12.4 Å². The molecule has 0 atom stereocenters. The van der Waals surface area contributed by atoms with E-state index in [1.807, 2.05) is 31.2 Å². The Morgan fingerprint density at radius 2 is 1.96 bits per heavy atom. The second-order valence-electron chi connectivity index (χ2n) is 5.49. The van der Waals surface area contributed by atoms with E-state index in [1.54, 1.807) is 24.3 Å². The fourth-order valence-electron chi connectivity index (χ4n) is 2.51. The molecule has 0 saturated heterocycles. The zero-order valence-electron chi connectivity index (χ0n) is 13.5. The highest BCUT2D eigenvalue weighted by Crippen LogP contribution is 2.28. The molecule has 2 aromatic rings. The van der Waals surface area contributed by atoms with Crippen LogP contribution in [0, 0.1) is 6.92 Å². The number of para-hydroxylation sites is 1. The minimum absolute atomic E-state index is 0.183. The van der Waals surface area contributed by atoms with Crippen LogP contribution in [-0.2, 0) is 9.53 Å². The summed E-state index contributed by atoms with van der Waals surface area (Å²) >= 11 is 0. The molecule has 0 fully saturated rings. The third-order valence-electron chi connectivity index (χ3n) is 3.75. The van der Waals surface area contributed by atoms with Gasteiger partial charge in [0.2, 0.25) is 0 Å². The van der Waals surface area contributed by atoms with E-state index in [4.69, 9.17) is 9.47 Å². The summed E-state index contributed by atoms with van der Waals surface area (Å²) in [6.45, 7) is 2.16. The van der Waals surface area contributed by atoms with Gasteiger partial charge in [-0.05, 0) is 37.3 Å². The van der Waals surface area contributed by atoms with Gasteiger partial charge in [0.25, 0.3) is 5.91 Å². The van der Waals surface area contributed by atoms with Gasteiger partial charge in [-0.2, -0.15) is 0 Å². The maximum absolute atomic E-state index is 12.5. The van der Waals surface area contributed by atoms with E-state index < -0.39 is 5.97 Å². The number of benzene rings is 2. The number of hydrogen-bond acceptors (Lipinski definition) is 4. The first-order valence-corrected chi connectivity index (χ1v) is 7.51. The Bertz CT molecular complexity index is 839. The van der Waals surface area contributed by atoms with Gasteiger partial charge in [0.15, 0.2) is 0 Å². The normalized spacial score (nSPS) is 12.5. The molecule has 0 radical (unpaired) electrons. The molecular weight excluding hydrogens is 306 g/mol. The molecule has 0 bridgehead atoms. The minimum atomic E-state index is -0.499. The largest absolute Gasteiger partial charge is 0.488 e. The fraction of sp³-hybridized carbons (Fsp3) is 0.158. The van der Waals surface area contributed by atoms with Crippen LogP contribution in [0.25, 0.3) is 6.08 Å². The van der Waals surface area contributed by atoms with Crippen LogP contribution in [0.5, 0.6) is 5.75 Å². The number of ether oxygens (including phenoxy) is 2. The van der Waals surface area contributed by atoms with E-state index in [2.05, 4.69) is 5.32 Å². The third-order valence-corrected chi connectivity index (χ3v) is 3.75. The van der Waals surface area contributed by atoms with Gasteiger partial charge in [-0.1, -0.05) is 23.8 Å². The summed E-state index contributed by atoms with van der Waals surface area (Å²) in [6, 6.07) is 12.5. The zero-order valence-corrected chi connectivity index (χ0v) is 13.5. The van der Waals surface area contributed by atoms with E-state index in [1.165, 1.54) is 7.11 Å². The molecule has 2 aromatic carbocycles. The highest BCUT2D eigenvalue weighted by atomic mass is 16.5. The van der Waals surface area contributed by atoms with Crippen LogP contribution < -0.4 is 10.1 Å². The van der Waals surface area contributed by atoms with E-state index in [0.717, 1.165) is 16.9 Å². The molecule has 0 spiro atoms. The average Bonchev–Trinajstić information content (AvgIpc) is 2.60. The van der Waals surface area contributed by atoms with Gasteiger partial charge >= 0.3 is 5.97 Å². The standard InChI is InChI=1S/C19H17NO4/c1-12-7-8-17-13(9-12)10-14(11-24-17)18(21)20-16-6-4-3-5-15(16)19(22)23-2/h3-10H,11H2,1-2H3,(H,20,21). The SMILES string of the molecule is COC(=O)c1ccccc1NC(=O)C1=Cc2cc(C)ccc2OC1. The second-order valence-corrected chi connectivity index (χ2v) is 5.49. The smallest absolute Gasteiger partial charge is 0.339 e. The van der Waals surface area contributed by atoms with Gasteiger partial charge in [-0.25, -0.2) is 4.79 Å². The molecule has 1 amide bonds. The first kappa shape index (κ1) is 15.8. The van der Waals surface area contributed by atoms with Crippen LogP contribution >= 0.6 is 0 Å². The topological polar surface area (TPSA) is 64.6 Å². The Kier molecular flexibility index (Phi) is 4.33. The number of amides is 1. The lowest BCUT2D eigenvalue weighted by atomic mass is 10.0. The molecule has 1 heterocycles. The zero-order chi connectivity index (χ0) is 17.1. The number of aryl methyl sites for hydroxylation is 1. The first-order chi connectivity index (χ1) is 11.6. The number of hydrogen-bond donors (Lipinski definition) is 1. The van der Waals surface area contributed by atoms with Crippen LogP contribution in [0.1, 0.15) is 21.5 Å². The van der Waals surface area contributed by atoms with Crippen molar-refractivity contribution in [3.05, 3.63) is 64.7 Å². The maximum atomic E-state index is 12.5. The summed E-state index contributed by atoms with van der Waals surface area (Å²) in [7, 11) is 1.30. The molecular formula is C19H17NO4. The van der Waals surface area contributed by atoms with E-state index in [-0.39, 0.29) is 12.5 Å². The molecule has 1 N–H and O–H groups in total.